The van der Waals surface area contributed by atoms with Crippen molar-refractivity contribution in [3.63, 3.8) is 0 Å². The lowest BCUT2D eigenvalue weighted by atomic mass is 9.84. The lowest BCUT2D eigenvalue weighted by Gasteiger charge is -2.27. The first kappa shape index (κ1) is 23.4. The Morgan fingerprint density at radius 3 is 2.21 bits per heavy atom. The first-order chi connectivity index (χ1) is 16.0. The van der Waals surface area contributed by atoms with Gasteiger partial charge in [-0.3, -0.25) is 19.5 Å². The highest BCUT2D eigenvalue weighted by Crippen LogP contribution is 2.43. The van der Waals surface area contributed by atoms with Crippen molar-refractivity contribution in [1.82, 2.24) is 4.98 Å². The molecule has 0 aliphatic carbocycles. The number of hydrogen-bond donors (Lipinski definition) is 1. The molecule has 1 saturated heterocycles. The molecule has 0 bridgehead atoms. The zero-order chi connectivity index (χ0) is 24.8. The van der Waals surface area contributed by atoms with Gasteiger partial charge in [-0.05, 0) is 72.7 Å². The number of amides is 1. The average molecular weight is 455 g/mol. The molecule has 3 aromatic rings. The van der Waals surface area contributed by atoms with Crippen LogP contribution in [-0.2, 0) is 15.0 Å². The summed E-state index contributed by atoms with van der Waals surface area (Å²) in [5.41, 5.74) is 5.67. The van der Waals surface area contributed by atoms with Gasteiger partial charge in [0.25, 0.3) is 11.7 Å². The zero-order valence-electron chi connectivity index (χ0n) is 20.5. The van der Waals surface area contributed by atoms with E-state index in [4.69, 9.17) is 0 Å². The molecule has 1 atom stereocenters. The van der Waals surface area contributed by atoms with Crippen LogP contribution in [-0.4, -0.2) is 21.8 Å². The first-order valence-electron chi connectivity index (χ1n) is 11.4. The van der Waals surface area contributed by atoms with Crippen LogP contribution in [0.1, 0.15) is 60.2 Å². The van der Waals surface area contributed by atoms with Gasteiger partial charge in [0.05, 0.1) is 11.6 Å². The van der Waals surface area contributed by atoms with E-state index in [-0.39, 0.29) is 16.7 Å². The Balaban J connectivity index is 1.99. The van der Waals surface area contributed by atoms with Gasteiger partial charge in [-0.15, -0.1) is 0 Å². The Morgan fingerprint density at radius 2 is 1.59 bits per heavy atom. The number of carbonyl (C=O) groups excluding carboxylic acids is 2. The molecule has 5 heteroatoms. The van der Waals surface area contributed by atoms with Crippen LogP contribution in [0, 0.1) is 20.8 Å². The monoisotopic (exact) mass is 454 g/mol. The van der Waals surface area contributed by atoms with E-state index in [2.05, 4.69) is 25.8 Å². The standard InChI is InChI=1S/C29H30N2O3/c1-17-7-10-23(19(3)15-17)31-25(20-11-13-30-14-12-20)24(27(33)28(31)34)26(32)22-16-21(29(4,5)6)9-8-18(22)2/h7-16,25,32H,1-6H3/b26-24+. The molecule has 1 unspecified atom stereocenters. The second-order valence-electron chi connectivity index (χ2n) is 10.0. The van der Waals surface area contributed by atoms with Crippen LogP contribution in [0.15, 0.2) is 66.5 Å². The number of carbonyl (C=O) groups is 2. The average Bonchev–Trinajstić information content (AvgIpc) is 3.04. The van der Waals surface area contributed by atoms with Crippen molar-refractivity contribution >= 4 is 23.1 Å². The topological polar surface area (TPSA) is 70.5 Å². The van der Waals surface area contributed by atoms with Crippen molar-refractivity contribution in [2.75, 3.05) is 4.90 Å². The molecule has 1 aromatic heterocycles. The summed E-state index contributed by atoms with van der Waals surface area (Å²) in [6.45, 7) is 12.1. The van der Waals surface area contributed by atoms with Crippen LogP contribution in [0.5, 0.6) is 0 Å². The van der Waals surface area contributed by atoms with E-state index in [9.17, 15) is 14.7 Å². The molecule has 1 N–H and O–H groups in total. The lowest BCUT2D eigenvalue weighted by Crippen LogP contribution is -2.30. The van der Waals surface area contributed by atoms with Crippen LogP contribution in [0.4, 0.5) is 5.69 Å². The van der Waals surface area contributed by atoms with E-state index in [1.807, 2.05) is 57.2 Å². The fourth-order valence-electron chi connectivity index (χ4n) is 4.51. The number of rotatable bonds is 3. The molecule has 1 fully saturated rings. The predicted octanol–water partition coefficient (Wildman–Crippen LogP) is 5.93. The summed E-state index contributed by atoms with van der Waals surface area (Å²) in [6.07, 6.45) is 3.26. The van der Waals surface area contributed by atoms with Gasteiger partial charge in [0.1, 0.15) is 5.76 Å². The maximum Gasteiger partial charge on any atom is 0.300 e. The summed E-state index contributed by atoms with van der Waals surface area (Å²) in [5.74, 6) is -1.50. The smallest absolute Gasteiger partial charge is 0.300 e. The van der Waals surface area contributed by atoms with Crippen molar-refractivity contribution in [1.29, 1.82) is 0 Å². The second kappa shape index (κ2) is 8.56. The molecule has 174 valence electrons. The van der Waals surface area contributed by atoms with Crippen molar-refractivity contribution in [2.24, 2.45) is 0 Å². The number of anilines is 1. The molecule has 1 amide bonds. The third kappa shape index (κ3) is 4.03. The molecule has 1 aliphatic heterocycles. The number of aliphatic hydroxyl groups is 1. The van der Waals surface area contributed by atoms with Crippen LogP contribution in [0.2, 0.25) is 0 Å². The fraction of sp³-hybridized carbons (Fsp3) is 0.276. The van der Waals surface area contributed by atoms with Gasteiger partial charge in [0.15, 0.2) is 0 Å². The molecule has 1 aliphatic rings. The molecule has 0 saturated carbocycles. The number of benzene rings is 2. The predicted molar refractivity (Wildman–Crippen MR) is 135 cm³/mol. The van der Waals surface area contributed by atoms with Gasteiger partial charge in [-0.25, -0.2) is 0 Å². The number of ketones is 1. The molecule has 2 aromatic carbocycles. The number of hydrogen-bond acceptors (Lipinski definition) is 4. The summed E-state index contributed by atoms with van der Waals surface area (Å²) < 4.78 is 0. The molecule has 34 heavy (non-hydrogen) atoms. The van der Waals surface area contributed by atoms with E-state index >= 15 is 0 Å². The molecule has 2 heterocycles. The zero-order valence-corrected chi connectivity index (χ0v) is 20.5. The van der Waals surface area contributed by atoms with E-state index in [0.717, 1.165) is 22.3 Å². The van der Waals surface area contributed by atoms with E-state index in [1.54, 1.807) is 24.5 Å². The third-order valence-electron chi connectivity index (χ3n) is 6.44. The highest BCUT2D eigenvalue weighted by Gasteiger charge is 2.47. The Morgan fingerprint density at radius 1 is 0.912 bits per heavy atom. The number of Topliss-reactive ketones (excluding diaryl/α,β-unsaturated/α-hetero) is 1. The van der Waals surface area contributed by atoms with Gasteiger partial charge in [-0.2, -0.15) is 0 Å². The van der Waals surface area contributed by atoms with Gasteiger partial charge < -0.3 is 5.11 Å². The molecular formula is C29H30N2O3. The van der Waals surface area contributed by atoms with Crippen LogP contribution < -0.4 is 4.90 Å². The summed E-state index contributed by atoms with van der Waals surface area (Å²) in [4.78, 5) is 32.4. The fourth-order valence-corrected chi connectivity index (χ4v) is 4.51. The quantitative estimate of drug-likeness (QED) is 0.302. The summed E-state index contributed by atoms with van der Waals surface area (Å²) in [6, 6.07) is 14.4. The van der Waals surface area contributed by atoms with Crippen LogP contribution in [0.25, 0.3) is 5.76 Å². The SMILES string of the molecule is Cc1ccc(N2C(=O)C(=O)/C(=C(/O)c3cc(C(C)(C)C)ccc3C)C2c2ccncc2)c(C)c1. The normalized spacial score (nSPS) is 17.9. The number of aromatic nitrogens is 1. The Labute approximate surface area is 200 Å². The summed E-state index contributed by atoms with van der Waals surface area (Å²) in [7, 11) is 0. The largest absolute Gasteiger partial charge is 0.507 e. The summed E-state index contributed by atoms with van der Waals surface area (Å²) >= 11 is 0. The highest BCUT2D eigenvalue weighted by molar-refractivity contribution is 6.51. The Hall–Kier alpha value is -3.73. The van der Waals surface area contributed by atoms with Crippen LogP contribution >= 0.6 is 0 Å². The number of aryl methyl sites for hydroxylation is 3. The molecule has 0 radical (unpaired) electrons. The minimum absolute atomic E-state index is 0.0883. The summed E-state index contributed by atoms with van der Waals surface area (Å²) in [5, 5.41) is 11.6. The number of nitrogens with zero attached hydrogens (tertiary/aromatic N) is 2. The molecule has 4 rings (SSSR count). The molecule has 0 spiro atoms. The third-order valence-corrected chi connectivity index (χ3v) is 6.44. The maximum absolute atomic E-state index is 13.4. The maximum atomic E-state index is 13.4. The van der Waals surface area contributed by atoms with E-state index in [0.29, 0.717) is 16.8 Å². The van der Waals surface area contributed by atoms with Gasteiger partial charge in [0.2, 0.25) is 0 Å². The first-order valence-corrected chi connectivity index (χ1v) is 11.4. The van der Waals surface area contributed by atoms with Gasteiger partial charge in [-0.1, -0.05) is 50.6 Å². The van der Waals surface area contributed by atoms with E-state index < -0.39 is 17.7 Å². The number of aliphatic hydroxyl groups excluding tert-OH is 1. The van der Waals surface area contributed by atoms with E-state index in [1.165, 1.54) is 4.90 Å². The van der Waals surface area contributed by atoms with Crippen molar-refractivity contribution in [2.45, 2.75) is 53.0 Å². The second-order valence-corrected chi connectivity index (χ2v) is 10.0. The van der Waals surface area contributed by atoms with Gasteiger partial charge in [0, 0.05) is 23.6 Å². The van der Waals surface area contributed by atoms with Crippen LogP contribution in [0.3, 0.4) is 0 Å². The number of pyridine rings is 1. The minimum Gasteiger partial charge on any atom is -0.507 e. The Bertz CT molecular complexity index is 1320. The van der Waals surface area contributed by atoms with Gasteiger partial charge >= 0.3 is 0 Å². The Kier molecular flexibility index (Phi) is 5.90. The van der Waals surface area contributed by atoms with Crippen molar-refractivity contribution in [3.05, 3.63) is 99.9 Å². The molecular weight excluding hydrogens is 424 g/mol. The van der Waals surface area contributed by atoms with Crippen molar-refractivity contribution in [3.8, 4) is 0 Å². The van der Waals surface area contributed by atoms with Crippen molar-refractivity contribution < 1.29 is 14.7 Å². The molecule has 5 nitrogen and oxygen atoms in total. The minimum atomic E-state index is -0.762. The highest BCUT2D eigenvalue weighted by atomic mass is 16.3. The lowest BCUT2D eigenvalue weighted by molar-refractivity contribution is -0.132.